The number of H-pyrrole nitrogens is 1. The number of hydrogen-bond donors (Lipinski definition) is 1. The number of nitrogens with zero attached hydrogens (tertiary/aromatic N) is 1. The molecule has 1 N–H and O–H groups in total. The third-order valence-corrected chi connectivity index (χ3v) is 3.20. The zero-order valence-corrected chi connectivity index (χ0v) is 10.5. The fourth-order valence-corrected chi connectivity index (χ4v) is 1.45. The van der Waals surface area contributed by atoms with Crippen LogP contribution in [-0.2, 0) is 4.79 Å². The van der Waals surface area contributed by atoms with Crippen molar-refractivity contribution in [1.82, 2.24) is 9.88 Å². The maximum absolute atomic E-state index is 11.6. The van der Waals surface area contributed by atoms with Gasteiger partial charge in [0.05, 0.1) is 8.72 Å². The van der Waals surface area contributed by atoms with Crippen molar-refractivity contribution in [3.8, 4) is 0 Å². The molecule has 0 radical (unpaired) electrons. The van der Waals surface area contributed by atoms with Crippen LogP contribution in [0.3, 0.4) is 0 Å². The van der Waals surface area contributed by atoms with E-state index in [4.69, 9.17) is 11.6 Å². The number of hydrogen-bond acceptors (Lipinski definition) is 2. The zero-order valence-electron chi connectivity index (χ0n) is 7.60. The molecule has 1 aromatic heterocycles. The molecule has 0 aliphatic carbocycles. The van der Waals surface area contributed by atoms with Crippen LogP contribution in [0, 0.1) is 3.70 Å². The van der Waals surface area contributed by atoms with Crippen LogP contribution in [0.5, 0.6) is 0 Å². The van der Waals surface area contributed by atoms with Crippen LogP contribution < -0.4 is 0 Å². The molecule has 1 rings (SSSR count). The van der Waals surface area contributed by atoms with Crippen molar-refractivity contribution in [2.24, 2.45) is 0 Å². The van der Waals surface area contributed by atoms with E-state index in [0.717, 1.165) is 4.90 Å². The normalized spacial score (nSPS) is 10.0. The van der Waals surface area contributed by atoms with Crippen LogP contribution in [0.1, 0.15) is 17.4 Å². The summed E-state index contributed by atoms with van der Waals surface area (Å²) in [6, 6.07) is 1.51. The Hall–Kier alpha value is -0.560. The molecule has 6 heteroatoms. The summed E-state index contributed by atoms with van der Waals surface area (Å²) in [5.74, 6) is -0.696. The number of carbonyl (C=O) groups is 2. The predicted octanol–water partition coefficient (Wildman–Crippen LogP) is 1.89. The molecule has 0 aliphatic rings. The highest BCUT2D eigenvalue weighted by Crippen LogP contribution is 2.19. The lowest BCUT2D eigenvalue weighted by Crippen LogP contribution is -2.31. The van der Waals surface area contributed by atoms with Crippen molar-refractivity contribution in [2.45, 2.75) is 6.92 Å². The molecule has 0 spiro atoms. The maximum Gasteiger partial charge on any atom is 0.276 e. The predicted molar refractivity (Wildman–Crippen MR) is 61.3 cm³/mol. The Morgan fingerprint density at radius 1 is 1.57 bits per heavy atom. The number of nitrogens with one attached hydrogen (secondary N) is 1. The van der Waals surface area contributed by atoms with Crippen molar-refractivity contribution in [3.63, 3.8) is 0 Å². The van der Waals surface area contributed by atoms with Crippen molar-refractivity contribution in [3.05, 3.63) is 20.5 Å². The molecule has 1 aromatic rings. The van der Waals surface area contributed by atoms with Crippen molar-refractivity contribution >= 4 is 46.0 Å². The molecule has 0 saturated heterocycles. The second-order valence-electron chi connectivity index (χ2n) is 2.73. The van der Waals surface area contributed by atoms with E-state index >= 15 is 0 Å². The van der Waals surface area contributed by atoms with E-state index in [1.54, 1.807) is 0 Å². The SMILES string of the molecule is CC(=O)N(C)C(=O)c1cc(Cl)c(I)[nH]1. The van der Waals surface area contributed by atoms with E-state index in [0.29, 0.717) is 14.4 Å². The highest BCUT2D eigenvalue weighted by atomic mass is 127. The van der Waals surface area contributed by atoms with Crippen LogP contribution in [0.25, 0.3) is 0 Å². The number of rotatable bonds is 1. The fourth-order valence-electron chi connectivity index (χ4n) is 0.843. The van der Waals surface area contributed by atoms with E-state index in [-0.39, 0.29) is 11.8 Å². The van der Waals surface area contributed by atoms with Gasteiger partial charge in [0.2, 0.25) is 5.91 Å². The molecular formula is C8H8ClIN2O2. The molecular weight excluding hydrogens is 318 g/mol. The van der Waals surface area contributed by atoms with Gasteiger partial charge in [0, 0.05) is 14.0 Å². The zero-order chi connectivity index (χ0) is 10.9. The smallest absolute Gasteiger partial charge is 0.276 e. The fraction of sp³-hybridized carbons (Fsp3) is 0.250. The quantitative estimate of drug-likeness (QED) is 0.801. The lowest BCUT2D eigenvalue weighted by molar-refractivity contribution is -0.125. The average Bonchev–Trinajstić information content (AvgIpc) is 2.44. The van der Waals surface area contributed by atoms with Crippen molar-refractivity contribution in [2.75, 3.05) is 7.05 Å². The molecule has 0 atom stereocenters. The van der Waals surface area contributed by atoms with E-state index in [2.05, 4.69) is 4.98 Å². The Bertz CT molecular complexity index is 369. The summed E-state index contributed by atoms with van der Waals surface area (Å²) in [5, 5.41) is 0.478. The van der Waals surface area contributed by atoms with Gasteiger partial charge in [0.25, 0.3) is 5.91 Å². The Morgan fingerprint density at radius 2 is 2.14 bits per heavy atom. The van der Waals surface area contributed by atoms with Gasteiger partial charge in [0.15, 0.2) is 0 Å². The summed E-state index contributed by atoms with van der Waals surface area (Å²) >= 11 is 7.74. The van der Waals surface area contributed by atoms with Gasteiger partial charge in [-0.05, 0) is 28.7 Å². The van der Waals surface area contributed by atoms with E-state index in [9.17, 15) is 9.59 Å². The summed E-state index contributed by atoms with van der Waals surface area (Å²) in [5.41, 5.74) is 0.317. The van der Waals surface area contributed by atoms with Crippen LogP contribution in [0.2, 0.25) is 5.02 Å². The molecule has 2 amide bonds. The van der Waals surface area contributed by atoms with Gasteiger partial charge in [-0.25, -0.2) is 0 Å². The monoisotopic (exact) mass is 326 g/mol. The lowest BCUT2D eigenvalue weighted by atomic mass is 10.4. The highest BCUT2D eigenvalue weighted by Gasteiger charge is 2.17. The summed E-state index contributed by atoms with van der Waals surface area (Å²) in [6.45, 7) is 1.33. The molecule has 4 nitrogen and oxygen atoms in total. The minimum atomic E-state index is -0.387. The summed E-state index contributed by atoms with van der Waals surface area (Å²) in [4.78, 5) is 26.3. The van der Waals surface area contributed by atoms with Gasteiger partial charge in [0.1, 0.15) is 5.69 Å². The Labute approximate surface area is 99.7 Å². The maximum atomic E-state index is 11.6. The number of halogens is 2. The third-order valence-electron chi connectivity index (χ3n) is 1.73. The number of carbonyl (C=O) groups excluding carboxylic acids is 2. The first-order chi connectivity index (χ1) is 6.43. The molecule has 0 aliphatic heterocycles. The lowest BCUT2D eigenvalue weighted by Gasteiger charge is -2.10. The summed E-state index contributed by atoms with van der Waals surface area (Å²) in [6.07, 6.45) is 0. The Morgan fingerprint density at radius 3 is 2.50 bits per heavy atom. The van der Waals surface area contributed by atoms with Gasteiger partial charge < -0.3 is 4.98 Å². The highest BCUT2D eigenvalue weighted by molar-refractivity contribution is 14.1. The summed E-state index contributed by atoms with van der Waals surface area (Å²) < 4.78 is 0.685. The third kappa shape index (κ3) is 2.27. The van der Waals surface area contributed by atoms with E-state index in [1.807, 2.05) is 22.6 Å². The van der Waals surface area contributed by atoms with Gasteiger partial charge in [-0.3, -0.25) is 14.5 Å². The summed E-state index contributed by atoms with van der Waals surface area (Å²) in [7, 11) is 1.42. The molecule has 76 valence electrons. The molecule has 14 heavy (non-hydrogen) atoms. The van der Waals surface area contributed by atoms with Gasteiger partial charge in [-0.15, -0.1) is 0 Å². The molecule has 0 unspecified atom stereocenters. The van der Waals surface area contributed by atoms with Crippen LogP contribution in [0.4, 0.5) is 0 Å². The largest absolute Gasteiger partial charge is 0.345 e. The number of aromatic nitrogens is 1. The van der Waals surface area contributed by atoms with E-state index in [1.165, 1.54) is 20.0 Å². The van der Waals surface area contributed by atoms with Gasteiger partial charge in [-0.2, -0.15) is 0 Å². The second kappa shape index (κ2) is 4.31. The van der Waals surface area contributed by atoms with Crippen LogP contribution in [0.15, 0.2) is 6.07 Å². The minimum Gasteiger partial charge on any atom is -0.345 e. The molecule has 0 saturated carbocycles. The topological polar surface area (TPSA) is 53.2 Å². The number of amides is 2. The molecule has 0 bridgehead atoms. The second-order valence-corrected chi connectivity index (χ2v) is 4.21. The Balaban J connectivity index is 2.95. The van der Waals surface area contributed by atoms with Gasteiger partial charge in [-0.1, -0.05) is 11.6 Å². The average molecular weight is 327 g/mol. The van der Waals surface area contributed by atoms with Crippen LogP contribution in [-0.4, -0.2) is 28.7 Å². The molecule has 1 heterocycles. The first kappa shape index (κ1) is 11.5. The minimum absolute atomic E-state index is 0.310. The van der Waals surface area contributed by atoms with E-state index < -0.39 is 0 Å². The van der Waals surface area contributed by atoms with Crippen molar-refractivity contribution in [1.29, 1.82) is 0 Å². The van der Waals surface area contributed by atoms with Crippen LogP contribution >= 0.6 is 34.2 Å². The molecule has 0 fully saturated rings. The molecule has 0 aromatic carbocycles. The van der Waals surface area contributed by atoms with Gasteiger partial charge >= 0.3 is 0 Å². The Kier molecular flexibility index (Phi) is 3.54. The first-order valence-corrected chi connectivity index (χ1v) is 5.21. The number of imide groups is 1. The first-order valence-electron chi connectivity index (χ1n) is 3.76. The van der Waals surface area contributed by atoms with Crippen molar-refractivity contribution < 1.29 is 9.59 Å². The standard InChI is InChI=1S/C8H8ClIN2O2/c1-4(13)12(2)8(14)6-3-5(9)7(10)11-6/h3,11H,1-2H3. The number of aromatic amines is 1.